The highest BCUT2D eigenvalue weighted by Crippen LogP contribution is 2.42. The molecular formula is C14H15Cl2N3. The number of aromatic nitrogens is 2. The summed E-state index contributed by atoms with van der Waals surface area (Å²) in [5.74, 6) is 0.625. The smallest absolute Gasteiger partial charge is 0.0664 e. The first kappa shape index (κ1) is 13.0. The van der Waals surface area contributed by atoms with Crippen molar-refractivity contribution in [2.45, 2.75) is 25.3 Å². The van der Waals surface area contributed by atoms with Gasteiger partial charge in [0.15, 0.2) is 0 Å². The molecule has 0 unspecified atom stereocenters. The molecule has 1 saturated carbocycles. The second-order valence-corrected chi connectivity index (χ2v) is 5.68. The third-order valence-corrected chi connectivity index (χ3v) is 4.10. The van der Waals surface area contributed by atoms with Gasteiger partial charge in [0.1, 0.15) is 0 Å². The van der Waals surface area contributed by atoms with Gasteiger partial charge in [-0.25, -0.2) is 4.68 Å². The summed E-state index contributed by atoms with van der Waals surface area (Å²) in [5, 5.41) is 8.84. The molecule has 0 spiro atoms. The first-order valence-corrected chi connectivity index (χ1v) is 7.13. The van der Waals surface area contributed by atoms with Gasteiger partial charge < -0.3 is 5.32 Å². The number of nitrogens with one attached hydrogen (secondary N) is 1. The maximum absolute atomic E-state index is 6.09. The molecule has 0 bridgehead atoms. The maximum atomic E-state index is 6.09. The number of hydrogen-bond donors (Lipinski definition) is 1. The zero-order chi connectivity index (χ0) is 13.4. The van der Waals surface area contributed by atoms with E-state index < -0.39 is 0 Å². The Hall–Kier alpha value is -1.03. The highest BCUT2D eigenvalue weighted by atomic mass is 35.5. The van der Waals surface area contributed by atoms with Gasteiger partial charge in [-0.3, -0.25) is 0 Å². The summed E-state index contributed by atoms with van der Waals surface area (Å²) in [7, 11) is 1.95. The first-order chi connectivity index (χ1) is 9.20. The Morgan fingerprint density at radius 2 is 2.11 bits per heavy atom. The fourth-order valence-corrected chi connectivity index (χ4v) is 2.63. The molecule has 1 aliphatic rings. The van der Waals surface area contributed by atoms with E-state index in [4.69, 9.17) is 23.2 Å². The minimum absolute atomic E-state index is 0.562. The normalized spacial score (nSPS) is 14.9. The second-order valence-electron chi connectivity index (χ2n) is 4.87. The fourth-order valence-electron chi connectivity index (χ4n) is 2.33. The van der Waals surface area contributed by atoms with Crippen LogP contribution in [0.15, 0.2) is 24.4 Å². The van der Waals surface area contributed by atoms with Gasteiger partial charge >= 0.3 is 0 Å². The molecule has 1 heterocycles. The van der Waals surface area contributed by atoms with Crippen molar-refractivity contribution in [2.75, 3.05) is 7.05 Å². The zero-order valence-corrected chi connectivity index (χ0v) is 12.2. The molecule has 1 aromatic carbocycles. The van der Waals surface area contributed by atoms with E-state index in [0.29, 0.717) is 16.0 Å². The molecule has 1 aromatic heterocycles. The molecule has 0 aliphatic heterocycles. The molecule has 2 aromatic rings. The molecule has 5 heteroatoms. The van der Waals surface area contributed by atoms with Gasteiger partial charge in [-0.15, -0.1) is 0 Å². The molecule has 3 rings (SSSR count). The third kappa shape index (κ3) is 2.50. The Labute approximate surface area is 122 Å². The Bertz CT molecular complexity index is 603. The van der Waals surface area contributed by atoms with Crippen LogP contribution in [0.1, 0.15) is 30.0 Å². The maximum Gasteiger partial charge on any atom is 0.0664 e. The van der Waals surface area contributed by atoms with E-state index in [-0.39, 0.29) is 0 Å². The van der Waals surface area contributed by atoms with Crippen LogP contribution >= 0.6 is 23.2 Å². The summed E-state index contributed by atoms with van der Waals surface area (Å²) in [6.45, 7) is 0.840. The number of benzene rings is 1. The topological polar surface area (TPSA) is 29.9 Å². The molecule has 1 N–H and O–H groups in total. The van der Waals surface area contributed by atoms with Crippen LogP contribution in [0.25, 0.3) is 5.69 Å². The third-order valence-electron chi connectivity index (χ3n) is 3.37. The monoisotopic (exact) mass is 295 g/mol. The molecule has 0 atom stereocenters. The van der Waals surface area contributed by atoms with E-state index in [9.17, 15) is 0 Å². The number of nitrogens with zero attached hydrogens (tertiary/aromatic N) is 2. The number of hydrogen-bond acceptors (Lipinski definition) is 2. The van der Waals surface area contributed by atoms with Crippen molar-refractivity contribution in [3.05, 3.63) is 45.7 Å². The average molecular weight is 296 g/mol. The van der Waals surface area contributed by atoms with Crippen molar-refractivity contribution in [3.8, 4) is 5.69 Å². The standard InChI is InChI=1S/C14H15Cl2N3/c1-17-7-10-8-18-19(14(10)9-2-3-9)11-4-5-12(15)13(16)6-11/h4-6,8-9,17H,2-3,7H2,1H3. The largest absolute Gasteiger partial charge is 0.316 e. The van der Waals surface area contributed by atoms with Crippen LogP contribution in [0.4, 0.5) is 0 Å². The Balaban J connectivity index is 2.06. The van der Waals surface area contributed by atoms with Crippen LogP contribution in [0.2, 0.25) is 10.0 Å². The SMILES string of the molecule is CNCc1cnn(-c2ccc(Cl)c(Cl)c2)c1C1CC1. The van der Waals surface area contributed by atoms with E-state index in [1.54, 1.807) is 0 Å². The van der Waals surface area contributed by atoms with Gasteiger partial charge in [-0.2, -0.15) is 5.10 Å². The second kappa shape index (κ2) is 5.16. The highest BCUT2D eigenvalue weighted by Gasteiger charge is 2.30. The average Bonchev–Trinajstić information content (AvgIpc) is 3.15. The molecule has 3 nitrogen and oxygen atoms in total. The predicted octanol–water partition coefficient (Wildman–Crippen LogP) is 3.78. The summed E-state index contributed by atoms with van der Waals surface area (Å²) in [4.78, 5) is 0. The molecule has 1 aliphatic carbocycles. The summed E-state index contributed by atoms with van der Waals surface area (Å²) < 4.78 is 1.99. The van der Waals surface area contributed by atoms with Crippen molar-refractivity contribution < 1.29 is 0 Å². The quantitative estimate of drug-likeness (QED) is 0.930. The highest BCUT2D eigenvalue weighted by molar-refractivity contribution is 6.42. The first-order valence-electron chi connectivity index (χ1n) is 6.37. The lowest BCUT2D eigenvalue weighted by molar-refractivity contribution is 0.775. The van der Waals surface area contributed by atoms with Crippen molar-refractivity contribution in [2.24, 2.45) is 0 Å². The van der Waals surface area contributed by atoms with E-state index in [0.717, 1.165) is 12.2 Å². The van der Waals surface area contributed by atoms with Crippen LogP contribution in [0.3, 0.4) is 0 Å². The lowest BCUT2D eigenvalue weighted by atomic mass is 10.1. The van der Waals surface area contributed by atoms with E-state index in [2.05, 4.69) is 10.4 Å². The molecule has 0 radical (unpaired) electrons. The van der Waals surface area contributed by atoms with Gasteiger partial charge in [0.05, 0.1) is 27.6 Å². The molecule has 100 valence electrons. The van der Waals surface area contributed by atoms with Crippen LogP contribution in [-0.2, 0) is 6.54 Å². The summed E-state index contributed by atoms with van der Waals surface area (Å²) in [5.41, 5.74) is 3.53. The van der Waals surface area contributed by atoms with Crippen LogP contribution in [0, 0.1) is 0 Å². The van der Waals surface area contributed by atoms with Gasteiger partial charge in [0.2, 0.25) is 0 Å². The van der Waals surface area contributed by atoms with E-state index in [1.807, 2.05) is 36.1 Å². The minimum atomic E-state index is 0.562. The Morgan fingerprint density at radius 1 is 1.32 bits per heavy atom. The van der Waals surface area contributed by atoms with Crippen LogP contribution in [-0.4, -0.2) is 16.8 Å². The van der Waals surface area contributed by atoms with Gasteiger partial charge in [0, 0.05) is 18.0 Å². The Kier molecular flexibility index (Phi) is 3.52. The molecule has 1 fully saturated rings. The zero-order valence-electron chi connectivity index (χ0n) is 10.7. The summed E-state index contributed by atoms with van der Waals surface area (Å²) in [6.07, 6.45) is 4.42. The van der Waals surface area contributed by atoms with Crippen LogP contribution < -0.4 is 5.32 Å². The molecule has 0 saturated heterocycles. The lowest BCUT2D eigenvalue weighted by Crippen LogP contribution is -2.08. The van der Waals surface area contributed by atoms with Crippen molar-refractivity contribution in [1.29, 1.82) is 0 Å². The van der Waals surface area contributed by atoms with Crippen molar-refractivity contribution in [1.82, 2.24) is 15.1 Å². The lowest BCUT2D eigenvalue weighted by Gasteiger charge is -2.09. The van der Waals surface area contributed by atoms with Crippen molar-refractivity contribution in [3.63, 3.8) is 0 Å². The van der Waals surface area contributed by atoms with Crippen LogP contribution in [0.5, 0.6) is 0 Å². The molecular weight excluding hydrogens is 281 g/mol. The number of rotatable bonds is 4. The number of halogens is 2. The Morgan fingerprint density at radius 3 is 2.74 bits per heavy atom. The van der Waals surface area contributed by atoms with Gasteiger partial charge in [0.25, 0.3) is 0 Å². The minimum Gasteiger partial charge on any atom is -0.316 e. The molecule has 0 amide bonds. The van der Waals surface area contributed by atoms with Crippen molar-refractivity contribution >= 4 is 23.2 Å². The van der Waals surface area contributed by atoms with Gasteiger partial charge in [-0.1, -0.05) is 23.2 Å². The van der Waals surface area contributed by atoms with E-state index in [1.165, 1.54) is 24.1 Å². The fraction of sp³-hybridized carbons (Fsp3) is 0.357. The van der Waals surface area contributed by atoms with Gasteiger partial charge in [-0.05, 0) is 38.1 Å². The van der Waals surface area contributed by atoms with E-state index >= 15 is 0 Å². The summed E-state index contributed by atoms with van der Waals surface area (Å²) in [6, 6.07) is 5.64. The molecule has 19 heavy (non-hydrogen) atoms. The predicted molar refractivity (Wildman–Crippen MR) is 78.3 cm³/mol. The summed E-state index contributed by atoms with van der Waals surface area (Å²) >= 11 is 12.1.